The Morgan fingerprint density at radius 1 is 0.304 bits per heavy atom. The summed E-state index contributed by atoms with van der Waals surface area (Å²) in [5.74, 6) is 1.83. The number of benzene rings is 8. The molecule has 0 atom stereocenters. The molecule has 0 N–H and O–H groups in total. The molecule has 3 heterocycles. The molecule has 0 aliphatic carbocycles. The number of para-hydroxylation sites is 2. The minimum Gasteiger partial charge on any atom is -0.308 e. The third-order valence-corrected chi connectivity index (χ3v) is 10.7. The van der Waals surface area contributed by atoms with E-state index >= 15 is 0 Å². The Hall–Kier alpha value is -7.63. The molecule has 56 heavy (non-hydrogen) atoms. The number of rotatable bonds is 6. The summed E-state index contributed by atoms with van der Waals surface area (Å²) >= 11 is 0. The summed E-state index contributed by atoms with van der Waals surface area (Å²) < 4.78 is 4.67. The highest BCUT2D eigenvalue weighted by atomic mass is 15.2. The van der Waals surface area contributed by atoms with Crippen LogP contribution >= 0.6 is 0 Å². The fourth-order valence-electron chi connectivity index (χ4n) is 8.22. The second-order valence-corrected chi connectivity index (χ2v) is 14.1. The minimum atomic E-state index is 0.573. The predicted octanol–water partition coefficient (Wildman–Crippen LogP) is 12.7. The van der Waals surface area contributed by atoms with Gasteiger partial charge in [-0.05, 0) is 58.7 Å². The van der Waals surface area contributed by atoms with Crippen molar-refractivity contribution < 1.29 is 0 Å². The molecule has 5 nitrogen and oxygen atoms in total. The summed E-state index contributed by atoms with van der Waals surface area (Å²) in [6.07, 6.45) is 0. The molecule has 0 radical (unpaired) electrons. The van der Waals surface area contributed by atoms with Crippen molar-refractivity contribution >= 4 is 43.6 Å². The maximum absolute atomic E-state index is 5.20. The Kier molecular flexibility index (Phi) is 7.42. The van der Waals surface area contributed by atoms with E-state index in [0.29, 0.717) is 17.6 Å². The molecule has 0 unspecified atom stereocenters. The van der Waals surface area contributed by atoms with Gasteiger partial charge in [0.15, 0.2) is 11.6 Å². The third kappa shape index (κ3) is 5.21. The van der Waals surface area contributed by atoms with Crippen LogP contribution in [0.2, 0.25) is 0 Å². The molecule has 0 spiro atoms. The predicted molar refractivity (Wildman–Crippen MR) is 230 cm³/mol. The van der Waals surface area contributed by atoms with Crippen molar-refractivity contribution in [1.29, 1.82) is 0 Å². The van der Waals surface area contributed by atoms with Crippen molar-refractivity contribution in [2.45, 2.75) is 0 Å². The van der Waals surface area contributed by atoms with Crippen molar-refractivity contribution in [2.24, 2.45) is 0 Å². The molecule has 0 aliphatic heterocycles. The molecule has 11 rings (SSSR count). The zero-order valence-corrected chi connectivity index (χ0v) is 30.3. The van der Waals surface area contributed by atoms with E-state index in [9.17, 15) is 0 Å². The first-order valence-electron chi connectivity index (χ1n) is 18.9. The zero-order chi connectivity index (χ0) is 37.0. The second-order valence-electron chi connectivity index (χ2n) is 14.1. The van der Waals surface area contributed by atoms with Gasteiger partial charge in [0.2, 0.25) is 5.95 Å². The largest absolute Gasteiger partial charge is 0.308 e. The van der Waals surface area contributed by atoms with Gasteiger partial charge in [0.05, 0.1) is 22.1 Å². The highest BCUT2D eigenvalue weighted by molar-refractivity contribution is 6.26. The van der Waals surface area contributed by atoms with Crippen LogP contribution in [0.25, 0.3) is 100 Å². The number of hydrogen-bond donors (Lipinski definition) is 0. The van der Waals surface area contributed by atoms with Gasteiger partial charge in [-0.15, -0.1) is 0 Å². The van der Waals surface area contributed by atoms with E-state index in [-0.39, 0.29) is 0 Å². The minimum absolute atomic E-state index is 0.573. The molecule has 0 bridgehead atoms. The summed E-state index contributed by atoms with van der Waals surface area (Å²) in [6.45, 7) is 0. The van der Waals surface area contributed by atoms with Gasteiger partial charge in [-0.1, -0.05) is 164 Å². The summed E-state index contributed by atoms with van der Waals surface area (Å²) in [4.78, 5) is 15.4. The van der Waals surface area contributed by atoms with Crippen LogP contribution in [0.4, 0.5) is 0 Å². The van der Waals surface area contributed by atoms with Crippen LogP contribution in [0.15, 0.2) is 200 Å². The van der Waals surface area contributed by atoms with Crippen molar-refractivity contribution in [2.75, 3.05) is 0 Å². The second kappa shape index (κ2) is 13.0. The smallest absolute Gasteiger partial charge is 0.238 e. The lowest BCUT2D eigenvalue weighted by Gasteiger charge is -2.15. The summed E-state index contributed by atoms with van der Waals surface area (Å²) in [5, 5.41) is 4.66. The lowest BCUT2D eigenvalue weighted by atomic mass is 9.98. The topological polar surface area (TPSA) is 48.5 Å². The van der Waals surface area contributed by atoms with E-state index in [0.717, 1.165) is 60.8 Å². The molecular weight excluding hydrogens is 683 g/mol. The van der Waals surface area contributed by atoms with Crippen molar-refractivity contribution in [3.63, 3.8) is 0 Å². The monoisotopic (exact) mass is 715 g/mol. The van der Waals surface area contributed by atoms with E-state index in [1.54, 1.807) is 0 Å². The molecule has 262 valence electrons. The highest BCUT2D eigenvalue weighted by Gasteiger charge is 2.23. The zero-order valence-electron chi connectivity index (χ0n) is 30.3. The molecule has 0 saturated carbocycles. The fourth-order valence-corrected chi connectivity index (χ4v) is 8.22. The van der Waals surface area contributed by atoms with E-state index in [4.69, 9.17) is 15.0 Å². The van der Waals surface area contributed by atoms with E-state index in [1.165, 1.54) is 21.9 Å². The van der Waals surface area contributed by atoms with E-state index < -0.39 is 0 Å². The van der Waals surface area contributed by atoms with Crippen LogP contribution in [0, 0.1) is 0 Å². The molecule has 0 fully saturated rings. The van der Waals surface area contributed by atoms with Crippen molar-refractivity contribution in [3.8, 4) is 56.7 Å². The SMILES string of the molecule is c1ccc(-c2cc(-c3ccccc3)cc(-n3c4ccccc4c4ccc5c(c6ccccc6n5-c5nc(-c6ccccc6)nc(-c6ccccc6)n5)c43)c2)cc1. The van der Waals surface area contributed by atoms with Gasteiger partial charge in [0.1, 0.15) is 0 Å². The van der Waals surface area contributed by atoms with Gasteiger partial charge in [0, 0.05) is 38.4 Å². The summed E-state index contributed by atoms with van der Waals surface area (Å²) in [5.41, 5.74) is 12.0. The van der Waals surface area contributed by atoms with Crippen LogP contribution < -0.4 is 0 Å². The molecule has 11 aromatic rings. The Morgan fingerprint density at radius 2 is 0.768 bits per heavy atom. The third-order valence-electron chi connectivity index (χ3n) is 10.7. The summed E-state index contributed by atoms with van der Waals surface area (Å²) in [7, 11) is 0. The van der Waals surface area contributed by atoms with Gasteiger partial charge < -0.3 is 4.57 Å². The Bertz CT molecular complexity index is 3110. The van der Waals surface area contributed by atoms with E-state index in [2.05, 4.69) is 173 Å². The summed E-state index contributed by atoms with van der Waals surface area (Å²) in [6, 6.07) is 70.5. The fraction of sp³-hybridized carbons (Fsp3) is 0. The molecule has 0 amide bonds. The molecule has 8 aromatic carbocycles. The van der Waals surface area contributed by atoms with Gasteiger partial charge in [0.25, 0.3) is 0 Å². The Labute approximate surface area is 323 Å². The molecule has 0 aliphatic rings. The first kappa shape index (κ1) is 31.9. The number of aromatic nitrogens is 5. The lowest BCUT2D eigenvalue weighted by molar-refractivity contribution is 0.953. The molecule has 5 heteroatoms. The lowest BCUT2D eigenvalue weighted by Crippen LogP contribution is -2.06. The Balaban J connectivity index is 1.25. The van der Waals surface area contributed by atoms with Gasteiger partial charge >= 0.3 is 0 Å². The Morgan fingerprint density at radius 3 is 1.32 bits per heavy atom. The van der Waals surface area contributed by atoms with Crippen molar-refractivity contribution in [1.82, 2.24) is 24.1 Å². The van der Waals surface area contributed by atoms with Crippen LogP contribution in [-0.4, -0.2) is 24.1 Å². The average Bonchev–Trinajstić information content (AvgIpc) is 3.80. The molecule has 3 aromatic heterocycles. The maximum atomic E-state index is 5.20. The van der Waals surface area contributed by atoms with Gasteiger partial charge in [-0.3, -0.25) is 4.57 Å². The first-order valence-corrected chi connectivity index (χ1v) is 18.9. The number of nitrogens with zero attached hydrogens (tertiary/aromatic N) is 5. The van der Waals surface area contributed by atoms with Gasteiger partial charge in [-0.2, -0.15) is 9.97 Å². The maximum Gasteiger partial charge on any atom is 0.238 e. The van der Waals surface area contributed by atoms with Crippen molar-refractivity contribution in [3.05, 3.63) is 200 Å². The first-order chi connectivity index (χ1) is 27.8. The van der Waals surface area contributed by atoms with E-state index in [1.807, 2.05) is 36.4 Å². The van der Waals surface area contributed by atoms with Crippen LogP contribution in [0.3, 0.4) is 0 Å². The highest BCUT2D eigenvalue weighted by Crippen LogP contribution is 2.43. The average molecular weight is 716 g/mol. The molecular formula is C51H33N5. The van der Waals surface area contributed by atoms with Crippen LogP contribution in [0.5, 0.6) is 0 Å². The normalized spacial score (nSPS) is 11.6. The van der Waals surface area contributed by atoms with Crippen LogP contribution in [-0.2, 0) is 0 Å². The number of hydrogen-bond acceptors (Lipinski definition) is 3. The van der Waals surface area contributed by atoms with Gasteiger partial charge in [-0.25, -0.2) is 4.98 Å². The molecule has 0 saturated heterocycles. The van der Waals surface area contributed by atoms with Crippen LogP contribution in [0.1, 0.15) is 0 Å². The quantitative estimate of drug-likeness (QED) is 0.172. The number of fused-ring (bicyclic) bond motifs is 7. The standard InChI is InChI=1S/C51H33N5/c1-5-17-34(18-6-1)38-31-39(35-19-7-2-8-20-35)33-40(32-38)55-44-27-15-13-25-41(44)42-29-30-46-47(48(42)55)43-26-14-16-28-45(43)56(46)51-53-49(36-21-9-3-10-22-36)52-50(54-51)37-23-11-4-12-24-37/h1-33H.